The van der Waals surface area contributed by atoms with Crippen LogP contribution in [0.4, 0.5) is 0 Å². The minimum absolute atomic E-state index is 0.102. The van der Waals surface area contributed by atoms with Crippen LogP contribution in [0.3, 0.4) is 0 Å². The Kier molecular flexibility index (Phi) is 6.15. The zero-order valence-electron chi connectivity index (χ0n) is 22.2. The topological polar surface area (TPSA) is 43.4 Å². The summed E-state index contributed by atoms with van der Waals surface area (Å²) >= 11 is 0. The Morgan fingerprint density at radius 1 is 0.500 bits per heavy atom. The van der Waals surface area contributed by atoms with Crippen LogP contribution in [0, 0.1) is 0 Å². The van der Waals surface area contributed by atoms with Gasteiger partial charge in [0.15, 0.2) is 0 Å². The number of benzene rings is 3. The Hall–Kier alpha value is -2.58. The first kappa shape index (κ1) is 24.5. The molecule has 0 saturated carbocycles. The number of nitrogens with zero attached hydrogens (tertiary/aromatic N) is 2. The van der Waals surface area contributed by atoms with Crippen LogP contribution in [0.2, 0.25) is 0 Å². The van der Waals surface area contributed by atoms with E-state index >= 15 is 0 Å². The second-order valence-electron chi connectivity index (χ2n) is 11.1. The first-order chi connectivity index (χ1) is 18.7. The van der Waals surface area contributed by atoms with Crippen molar-refractivity contribution in [1.29, 1.82) is 0 Å². The van der Waals surface area contributed by atoms with Gasteiger partial charge >= 0.3 is 0 Å². The molecule has 4 saturated heterocycles. The van der Waals surface area contributed by atoms with Crippen LogP contribution in [0.1, 0.15) is 73.9 Å². The molecule has 6 nitrogen and oxygen atoms in total. The lowest BCUT2D eigenvalue weighted by Gasteiger charge is -2.34. The second kappa shape index (κ2) is 9.56. The lowest BCUT2D eigenvalue weighted by atomic mass is 9.96. The van der Waals surface area contributed by atoms with Gasteiger partial charge in [-0.25, -0.2) is 9.80 Å². The molecule has 198 valence electrons. The Balaban J connectivity index is 1.18. The molecule has 0 bridgehead atoms. The third kappa shape index (κ3) is 3.70. The fourth-order valence-electron chi connectivity index (χ4n) is 6.74. The fourth-order valence-corrected chi connectivity index (χ4v) is 6.74. The standard InChI is InChI=1S/C32H36N2O4/c1-3-31-19-35-27(23-11-7-5-8-12-23)33(31)29(37-21-31)25-15-17-26(18-16-25)30-34-28(24-13-9-6-10-14-24)36-20-32(34,4-2)22-38-30/h5-18,27-30H,3-4,19-22H2,1-2H3/t27-,28+,29+,30-,31-,32+. The van der Waals surface area contributed by atoms with Gasteiger partial charge < -0.3 is 18.9 Å². The summed E-state index contributed by atoms with van der Waals surface area (Å²) in [6.45, 7) is 7.18. The van der Waals surface area contributed by atoms with Gasteiger partial charge in [-0.05, 0) is 35.1 Å². The summed E-state index contributed by atoms with van der Waals surface area (Å²) < 4.78 is 25.7. The Bertz CT molecular complexity index is 1160. The van der Waals surface area contributed by atoms with Crippen molar-refractivity contribution in [2.75, 3.05) is 26.4 Å². The van der Waals surface area contributed by atoms with E-state index < -0.39 is 0 Å². The molecular weight excluding hydrogens is 476 g/mol. The summed E-state index contributed by atoms with van der Waals surface area (Å²) in [7, 11) is 0. The van der Waals surface area contributed by atoms with Crippen LogP contribution >= 0.6 is 0 Å². The molecule has 0 radical (unpaired) electrons. The lowest BCUT2D eigenvalue weighted by molar-refractivity contribution is -0.0637. The average Bonchev–Trinajstić information content (AvgIpc) is 3.73. The number of fused-ring (bicyclic) bond motifs is 2. The van der Waals surface area contributed by atoms with E-state index in [1.54, 1.807) is 0 Å². The molecule has 38 heavy (non-hydrogen) atoms. The van der Waals surface area contributed by atoms with E-state index in [1.165, 1.54) is 11.1 Å². The first-order valence-corrected chi connectivity index (χ1v) is 13.9. The van der Waals surface area contributed by atoms with Gasteiger partial charge in [0.05, 0.1) is 37.5 Å². The lowest BCUT2D eigenvalue weighted by Crippen LogP contribution is -2.44. The fraction of sp³-hybridized carbons (Fsp3) is 0.438. The molecule has 7 rings (SSSR count). The molecule has 0 aromatic heterocycles. The van der Waals surface area contributed by atoms with Gasteiger partial charge in [-0.15, -0.1) is 0 Å². The van der Waals surface area contributed by atoms with Crippen molar-refractivity contribution in [3.63, 3.8) is 0 Å². The van der Waals surface area contributed by atoms with Gasteiger partial charge in [-0.2, -0.15) is 0 Å². The molecule has 0 unspecified atom stereocenters. The van der Waals surface area contributed by atoms with Gasteiger partial charge in [0.1, 0.15) is 24.9 Å². The zero-order valence-corrected chi connectivity index (χ0v) is 22.2. The third-order valence-electron chi connectivity index (χ3n) is 9.14. The molecular formula is C32H36N2O4. The third-order valence-corrected chi connectivity index (χ3v) is 9.14. The highest BCUT2D eigenvalue weighted by atomic mass is 16.6. The van der Waals surface area contributed by atoms with Crippen molar-refractivity contribution in [2.45, 2.75) is 62.7 Å². The van der Waals surface area contributed by atoms with Crippen LogP contribution in [-0.4, -0.2) is 47.3 Å². The molecule has 4 aliphatic rings. The van der Waals surface area contributed by atoms with Gasteiger partial charge in [-0.1, -0.05) is 98.8 Å². The minimum Gasteiger partial charge on any atom is -0.357 e. The molecule has 0 N–H and O–H groups in total. The Morgan fingerprint density at radius 3 is 1.08 bits per heavy atom. The highest BCUT2D eigenvalue weighted by Gasteiger charge is 2.57. The van der Waals surface area contributed by atoms with Crippen molar-refractivity contribution >= 4 is 0 Å². The Labute approximate surface area is 225 Å². The van der Waals surface area contributed by atoms with Crippen molar-refractivity contribution in [1.82, 2.24) is 9.80 Å². The van der Waals surface area contributed by atoms with E-state index in [2.05, 4.69) is 96.4 Å². The van der Waals surface area contributed by atoms with Crippen molar-refractivity contribution in [3.8, 4) is 0 Å². The van der Waals surface area contributed by atoms with Crippen LogP contribution in [0.5, 0.6) is 0 Å². The minimum atomic E-state index is -0.150. The van der Waals surface area contributed by atoms with Gasteiger partial charge in [0.25, 0.3) is 0 Å². The molecule has 6 atom stereocenters. The number of hydrogen-bond donors (Lipinski definition) is 0. The van der Waals surface area contributed by atoms with Crippen LogP contribution in [0.25, 0.3) is 0 Å². The molecule has 4 heterocycles. The van der Waals surface area contributed by atoms with Gasteiger partial charge in [0, 0.05) is 0 Å². The number of hydrogen-bond acceptors (Lipinski definition) is 6. The molecule has 3 aromatic carbocycles. The second-order valence-corrected chi connectivity index (χ2v) is 11.1. The summed E-state index contributed by atoms with van der Waals surface area (Å²) in [5.41, 5.74) is 4.43. The summed E-state index contributed by atoms with van der Waals surface area (Å²) in [5, 5.41) is 0. The molecule has 0 aliphatic carbocycles. The molecule has 3 aromatic rings. The quantitative estimate of drug-likeness (QED) is 0.397. The Morgan fingerprint density at radius 2 is 0.789 bits per heavy atom. The highest BCUT2D eigenvalue weighted by Crippen LogP contribution is 2.52. The van der Waals surface area contributed by atoms with E-state index in [4.69, 9.17) is 18.9 Å². The summed E-state index contributed by atoms with van der Waals surface area (Å²) in [6, 6.07) is 29.8. The smallest absolute Gasteiger partial charge is 0.139 e. The molecule has 4 fully saturated rings. The number of rotatable bonds is 6. The largest absolute Gasteiger partial charge is 0.357 e. The van der Waals surface area contributed by atoms with E-state index in [0.29, 0.717) is 26.4 Å². The molecule has 0 spiro atoms. The van der Waals surface area contributed by atoms with E-state index in [1.807, 2.05) is 12.1 Å². The predicted octanol–water partition coefficient (Wildman–Crippen LogP) is 6.10. The van der Waals surface area contributed by atoms with Crippen molar-refractivity contribution in [3.05, 3.63) is 107 Å². The SMILES string of the molecule is CC[C@]12CO[C@H](c3ccc([C@@H]4OC[C@@]5(CC)CO[C@H](c6ccccc6)N45)cc3)N1[C@H](c1ccccc1)OC2. The summed E-state index contributed by atoms with van der Waals surface area (Å²) in [4.78, 5) is 4.90. The zero-order chi connectivity index (χ0) is 25.7. The van der Waals surface area contributed by atoms with Crippen LogP contribution < -0.4 is 0 Å². The van der Waals surface area contributed by atoms with Crippen molar-refractivity contribution < 1.29 is 18.9 Å². The van der Waals surface area contributed by atoms with Crippen LogP contribution in [0.15, 0.2) is 84.9 Å². The van der Waals surface area contributed by atoms with E-state index in [9.17, 15) is 0 Å². The molecule has 6 heteroatoms. The van der Waals surface area contributed by atoms with Gasteiger partial charge in [-0.3, -0.25) is 0 Å². The molecule has 4 aliphatic heterocycles. The van der Waals surface area contributed by atoms with Crippen molar-refractivity contribution in [2.24, 2.45) is 0 Å². The highest BCUT2D eigenvalue weighted by molar-refractivity contribution is 5.31. The first-order valence-electron chi connectivity index (χ1n) is 13.9. The predicted molar refractivity (Wildman–Crippen MR) is 144 cm³/mol. The van der Waals surface area contributed by atoms with E-state index in [0.717, 1.165) is 24.0 Å². The monoisotopic (exact) mass is 512 g/mol. The maximum atomic E-state index is 6.48. The van der Waals surface area contributed by atoms with Crippen LogP contribution in [-0.2, 0) is 18.9 Å². The maximum absolute atomic E-state index is 6.48. The van der Waals surface area contributed by atoms with Gasteiger partial charge in [0.2, 0.25) is 0 Å². The molecule has 0 amide bonds. The average molecular weight is 513 g/mol. The van der Waals surface area contributed by atoms with E-state index in [-0.39, 0.29) is 36.0 Å². The summed E-state index contributed by atoms with van der Waals surface area (Å²) in [6.07, 6.45) is 1.44. The summed E-state index contributed by atoms with van der Waals surface area (Å²) in [5.74, 6) is 0. The maximum Gasteiger partial charge on any atom is 0.139 e. The number of ether oxygens (including phenoxy) is 4. The normalized spacial score (nSPS) is 35.0.